The normalized spacial score (nSPS) is 25.7. The molecule has 0 unspecified atom stereocenters. The largest absolute Gasteiger partial charge is 0.339 e. The van der Waals surface area contributed by atoms with E-state index in [4.69, 9.17) is 4.52 Å². The lowest BCUT2D eigenvalue weighted by Gasteiger charge is -2.25. The van der Waals surface area contributed by atoms with Crippen molar-refractivity contribution < 1.29 is 17.7 Å². The molecule has 1 amide bonds. The molecule has 10 nitrogen and oxygen atoms in total. The summed E-state index contributed by atoms with van der Waals surface area (Å²) in [6.45, 7) is 4.61. The van der Waals surface area contributed by atoms with Gasteiger partial charge >= 0.3 is 0 Å². The highest BCUT2D eigenvalue weighted by atomic mass is 32.2. The van der Waals surface area contributed by atoms with Crippen molar-refractivity contribution in [1.29, 1.82) is 0 Å². The fourth-order valence-electron chi connectivity index (χ4n) is 3.96. The minimum Gasteiger partial charge on any atom is -0.339 e. The summed E-state index contributed by atoms with van der Waals surface area (Å²) in [5.74, 6) is 0.593. The van der Waals surface area contributed by atoms with Gasteiger partial charge in [0.2, 0.25) is 15.9 Å². The summed E-state index contributed by atoms with van der Waals surface area (Å²) in [6, 6.07) is 0. The molecular formula is C16H20N6O4S. The van der Waals surface area contributed by atoms with E-state index in [2.05, 4.69) is 20.1 Å². The number of nitrogens with zero attached hydrogens (tertiary/aromatic N) is 6. The van der Waals surface area contributed by atoms with Gasteiger partial charge in [-0.2, -0.15) is 4.98 Å². The van der Waals surface area contributed by atoms with Gasteiger partial charge in [0.1, 0.15) is 6.33 Å². The van der Waals surface area contributed by atoms with E-state index in [9.17, 15) is 13.2 Å². The second-order valence-electron chi connectivity index (χ2n) is 7.01. The van der Waals surface area contributed by atoms with Crippen LogP contribution in [0.5, 0.6) is 0 Å². The van der Waals surface area contributed by atoms with E-state index in [1.165, 1.54) is 23.0 Å². The topological polar surface area (TPSA) is 122 Å². The number of aryl methyl sites for hydroxylation is 1. The summed E-state index contributed by atoms with van der Waals surface area (Å²) in [6.07, 6.45) is 4.31. The number of sulfonamides is 1. The average Bonchev–Trinajstić information content (AvgIpc) is 3.34. The second kappa shape index (κ2) is 6.34. The van der Waals surface area contributed by atoms with Crippen LogP contribution in [0.3, 0.4) is 0 Å². The lowest BCUT2D eigenvalue weighted by Crippen LogP contribution is -2.41. The van der Waals surface area contributed by atoms with Gasteiger partial charge in [-0.25, -0.2) is 22.7 Å². The van der Waals surface area contributed by atoms with Crippen LogP contribution in [0, 0.1) is 12.8 Å². The first-order valence-electron chi connectivity index (χ1n) is 8.68. The molecule has 11 heteroatoms. The Hall–Kier alpha value is -2.40. The van der Waals surface area contributed by atoms with E-state index in [1.54, 1.807) is 18.7 Å². The fourth-order valence-corrected chi connectivity index (χ4v) is 5.16. The number of hydrogen-bond donors (Lipinski definition) is 0. The first-order valence-corrected chi connectivity index (χ1v) is 10.3. The molecule has 2 fully saturated rings. The number of fused-ring (bicyclic) bond motifs is 1. The molecule has 4 rings (SSSR count). The van der Waals surface area contributed by atoms with Gasteiger partial charge in [0.25, 0.3) is 5.91 Å². The molecule has 2 atom stereocenters. The average molecular weight is 392 g/mol. The maximum Gasteiger partial charge on any atom is 0.257 e. The zero-order valence-corrected chi connectivity index (χ0v) is 15.9. The van der Waals surface area contributed by atoms with E-state index in [-0.39, 0.29) is 24.1 Å². The third kappa shape index (κ3) is 2.90. The van der Waals surface area contributed by atoms with E-state index in [1.807, 2.05) is 0 Å². The Morgan fingerprint density at radius 3 is 2.67 bits per heavy atom. The maximum absolute atomic E-state index is 12.8. The van der Waals surface area contributed by atoms with E-state index in [0.29, 0.717) is 36.9 Å². The van der Waals surface area contributed by atoms with Crippen molar-refractivity contribution in [2.75, 3.05) is 31.9 Å². The third-order valence-electron chi connectivity index (χ3n) is 5.38. The van der Waals surface area contributed by atoms with Crippen LogP contribution in [0.25, 0.3) is 0 Å². The van der Waals surface area contributed by atoms with Gasteiger partial charge in [0, 0.05) is 44.5 Å². The van der Waals surface area contributed by atoms with Gasteiger partial charge in [0.15, 0.2) is 5.82 Å². The summed E-state index contributed by atoms with van der Waals surface area (Å²) >= 11 is 0. The van der Waals surface area contributed by atoms with Gasteiger partial charge in [-0.1, -0.05) is 5.16 Å². The van der Waals surface area contributed by atoms with Crippen molar-refractivity contribution in [3.05, 3.63) is 36.0 Å². The number of amides is 1. The lowest BCUT2D eigenvalue weighted by molar-refractivity contribution is 0.0772. The Labute approximate surface area is 156 Å². The number of carbonyl (C=O) groups is 1. The predicted octanol–water partition coefficient (Wildman–Crippen LogP) is -0.157. The number of aromatic nitrogens is 4. The number of hydrogen-bond acceptors (Lipinski definition) is 8. The van der Waals surface area contributed by atoms with Gasteiger partial charge in [-0.3, -0.25) is 4.79 Å². The smallest absolute Gasteiger partial charge is 0.257 e. The second-order valence-corrected chi connectivity index (χ2v) is 9.26. The van der Waals surface area contributed by atoms with Gasteiger partial charge in [-0.15, -0.1) is 0 Å². The van der Waals surface area contributed by atoms with Crippen LogP contribution in [-0.2, 0) is 15.4 Å². The molecule has 0 bridgehead atoms. The van der Waals surface area contributed by atoms with Crippen LogP contribution in [0.1, 0.15) is 29.0 Å². The molecule has 2 aliphatic rings. The van der Waals surface area contributed by atoms with Gasteiger partial charge in [-0.05, 0) is 13.8 Å². The minimum absolute atomic E-state index is 0.0304. The molecule has 0 N–H and O–H groups in total. The van der Waals surface area contributed by atoms with Gasteiger partial charge < -0.3 is 9.42 Å². The summed E-state index contributed by atoms with van der Waals surface area (Å²) in [5, 5.41) is 3.87. The van der Waals surface area contributed by atoms with Crippen molar-refractivity contribution in [2.24, 2.45) is 5.92 Å². The van der Waals surface area contributed by atoms with Crippen LogP contribution in [-0.4, -0.2) is 75.6 Å². The number of likely N-dealkylation sites (tertiary alicyclic amines) is 1. The Bertz CT molecular complexity index is 962. The molecule has 0 aromatic carbocycles. The van der Waals surface area contributed by atoms with Gasteiger partial charge in [0.05, 0.1) is 16.7 Å². The summed E-state index contributed by atoms with van der Waals surface area (Å²) in [5.41, 5.74) is -0.304. The number of rotatable bonds is 4. The highest BCUT2D eigenvalue weighted by Gasteiger charge is 2.59. The first kappa shape index (κ1) is 18.0. The van der Waals surface area contributed by atoms with Crippen LogP contribution < -0.4 is 0 Å². The Morgan fingerprint density at radius 2 is 2.04 bits per heavy atom. The Balaban J connectivity index is 1.68. The summed E-state index contributed by atoms with van der Waals surface area (Å²) in [7, 11) is -3.35. The zero-order chi connectivity index (χ0) is 19.2. The van der Waals surface area contributed by atoms with Crippen molar-refractivity contribution in [3.63, 3.8) is 0 Å². The van der Waals surface area contributed by atoms with Crippen molar-refractivity contribution in [2.45, 2.75) is 19.3 Å². The molecule has 144 valence electrons. The quantitative estimate of drug-likeness (QED) is 0.704. The van der Waals surface area contributed by atoms with Crippen LogP contribution >= 0.6 is 0 Å². The SMILES string of the molecule is CCS(=O)(=O)N1C[C@@H]2CN(C(=O)c3cncnc3)C[C@]2(c2nc(C)no2)C1. The first-order chi connectivity index (χ1) is 12.9. The molecule has 0 spiro atoms. The monoisotopic (exact) mass is 392 g/mol. The molecule has 0 saturated carbocycles. The molecule has 0 aliphatic carbocycles. The van der Waals surface area contributed by atoms with Crippen LogP contribution in [0.15, 0.2) is 23.2 Å². The predicted molar refractivity (Wildman–Crippen MR) is 93.2 cm³/mol. The molecule has 27 heavy (non-hydrogen) atoms. The fraction of sp³-hybridized carbons (Fsp3) is 0.562. The Morgan fingerprint density at radius 1 is 1.30 bits per heavy atom. The third-order valence-corrected chi connectivity index (χ3v) is 7.18. The van der Waals surface area contributed by atoms with Crippen molar-refractivity contribution >= 4 is 15.9 Å². The highest BCUT2D eigenvalue weighted by molar-refractivity contribution is 7.89. The molecule has 2 aromatic rings. The summed E-state index contributed by atoms with van der Waals surface area (Å²) < 4.78 is 31.7. The molecular weight excluding hydrogens is 372 g/mol. The maximum atomic E-state index is 12.8. The highest BCUT2D eigenvalue weighted by Crippen LogP contribution is 2.45. The molecule has 0 radical (unpaired) electrons. The number of carbonyl (C=O) groups excluding carboxylic acids is 1. The van der Waals surface area contributed by atoms with E-state index >= 15 is 0 Å². The Kier molecular flexibility index (Phi) is 4.22. The standard InChI is InChI=1S/C16H20N6O4S/c1-3-27(24,25)22-7-13-6-21(14(23)12-4-17-10-18-5-12)8-16(13,9-22)15-19-11(2)20-26-15/h4-5,10,13H,3,6-9H2,1-2H3/t13-,16-/m0/s1. The van der Waals surface area contributed by atoms with E-state index < -0.39 is 15.4 Å². The molecule has 2 aliphatic heterocycles. The zero-order valence-electron chi connectivity index (χ0n) is 15.1. The molecule has 2 aromatic heterocycles. The van der Waals surface area contributed by atoms with Crippen molar-refractivity contribution in [1.82, 2.24) is 29.3 Å². The lowest BCUT2D eigenvalue weighted by atomic mass is 9.81. The minimum atomic E-state index is -3.35. The van der Waals surface area contributed by atoms with Crippen molar-refractivity contribution in [3.8, 4) is 0 Å². The van der Waals surface area contributed by atoms with E-state index in [0.717, 1.165) is 0 Å². The molecule has 2 saturated heterocycles. The van der Waals surface area contributed by atoms with Crippen LogP contribution in [0.2, 0.25) is 0 Å². The summed E-state index contributed by atoms with van der Waals surface area (Å²) in [4.78, 5) is 26.7. The van der Waals surface area contributed by atoms with Crippen LogP contribution in [0.4, 0.5) is 0 Å². The molecule has 4 heterocycles.